The zero-order valence-electron chi connectivity index (χ0n) is 9.02. The molecule has 11 heteroatoms. The molecule has 0 aliphatic rings. The van der Waals surface area contributed by atoms with Gasteiger partial charge in [0.15, 0.2) is 0 Å². The fourth-order valence-corrected chi connectivity index (χ4v) is 2.85. The maximum Gasteiger partial charge on any atom is 0.516 e. The number of nitrogens with zero attached hydrogens (tertiary/aromatic N) is 2. The molecule has 0 saturated carbocycles. The Labute approximate surface area is 104 Å². The molecule has 1 aromatic heterocycles. The van der Waals surface area contributed by atoms with Gasteiger partial charge in [0.2, 0.25) is 0 Å². The van der Waals surface area contributed by atoms with E-state index >= 15 is 0 Å². The summed E-state index contributed by atoms with van der Waals surface area (Å²) in [6, 6.07) is 0. The van der Waals surface area contributed by atoms with Gasteiger partial charge in [-0.15, -0.1) is 0 Å². The Bertz CT molecular complexity index is 578. The lowest BCUT2D eigenvalue weighted by Crippen LogP contribution is -2.38. The smallest absolute Gasteiger partial charge is 0.478 e. The number of hydrogen-bond acceptors (Lipinski definition) is 5. The molecule has 0 atom stereocenters. The summed E-state index contributed by atoms with van der Waals surface area (Å²) in [5, 5.41) is 8.23. The predicted octanol–water partition coefficient (Wildman–Crippen LogP) is 1.44. The molecule has 102 valence electrons. The maximum atomic E-state index is 12.3. The van der Waals surface area contributed by atoms with Crippen molar-refractivity contribution < 1.29 is 31.5 Å². The van der Waals surface area contributed by atoms with Crippen LogP contribution in [0.4, 0.5) is 18.2 Å². The summed E-state index contributed by atoms with van der Waals surface area (Å²) < 4.78 is 62.6. The molecule has 0 unspecified atom stereocenters. The van der Waals surface area contributed by atoms with Crippen molar-refractivity contribution in [2.45, 2.75) is 12.4 Å². The van der Waals surface area contributed by atoms with Crippen molar-refractivity contribution in [3.63, 3.8) is 0 Å². The van der Waals surface area contributed by atoms with Crippen molar-refractivity contribution in [2.75, 3.05) is 11.4 Å². The molecule has 1 heterocycles. The van der Waals surface area contributed by atoms with Gasteiger partial charge < -0.3 is 5.11 Å². The molecule has 0 aromatic carbocycles. The summed E-state index contributed by atoms with van der Waals surface area (Å²) in [6.45, 7) is 1.26. The third kappa shape index (κ3) is 2.27. The zero-order valence-corrected chi connectivity index (χ0v) is 10.6. The van der Waals surface area contributed by atoms with Gasteiger partial charge in [0, 0.05) is 7.05 Å². The quantitative estimate of drug-likeness (QED) is 0.913. The first-order valence-electron chi connectivity index (χ1n) is 4.25. The monoisotopic (exact) mass is 304 g/mol. The molecule has 0 spiro atoms. The van der Waals surface area contributed by atoms with Gasteiger partial charge in [-0.05, 0) is 18.5 Å². The molecule has 0 bridgehead atoms. The van der Waals surface area contributed by atoms with E-state index in [2.05, 4.69) is 4.37 Å². The van der Waals surface area contributed by atoms with Gasteiger partial charge in [-0.1, -0.05) is 0 Å². The third-order valence-corrected chi connectivity index (χ3v) is 4.62. The van der Waals surface area contributed by atoms with Crippen LogP contribution in [0.25, 0.3) is 0 Å². The topological polar surface area (TPSA) is 87.6 Å². The van der Waals surface area contributed by atoms with Crippen LogP contribution in [0.2, 0.25) is 0 Å². The molecule has 0 radical (unpaired) electrons. The molecule has 0 saturated heterocycles. The highest BCUT2D eigenvalue weighted by molar-refractivity contribution is 7.93. The van der Waals surface area contributed by atoms with Gasteiger partial charge in [-0.3, -0.25) is 4.31 Å². The standard InChI is InChI=1S/C7H7F3N2O4S2/c1-3-4(6(13)14)5(17-11-3)12(2)18(15,16)7(8,9)10/h1-2H3,(H,13,14). The number of sulfonamides is 1. The van der Waals surface area contributed by atoms with Crippen LogP contribution in [0.1, 0.15) is 16.1 Å². The first-order valence-corrected chi connectivity index (χ1v) is 6.46. The molecule has 6 nitrogen and oxygen atoms in total. The first kappa shape index (κ1) is 14.7. The summed E-state index contributed by atoms with van der Waals surface area (Å²) in [6.07, 6.45) is 0. The minimum atomic E-state index is -5.63. The lowest BCUT2D eigenvalue weighted by atomic mass is 10.2. The minimum absolute atomic E-state index is 0.0493. The number of rotatable bonds is 3. The second-order valence-electron chi connectivity index (χ2n) is 3.17. The van der Waals surface area contributed by atoms with Crippen LogP contribution in [0.5, 0.6) is 0 Å². The average molecular weight is 304 g/mol. The molecule has 0 fully saturated rings. The fourth-order valence-electron chi connectivity index (χ4n) is 1.08. The summed E-state index contributed by atoms with van der Waals surface area (Å²) in [5.41, 5.74) is -6.11. The summed E-state index contributed by atoms with van der Waals surface area (Å²) in [4.78, 5) is 10.8. The number of carboxylic acids is 1. The largest absolute Gasteiger partial charge is 0.516 e. The van der Waals surface area contributed by atoms with Crippen LogP contribution in [0.15, 0.2) is 0 Å². The number of carbonyl (C=O) groups is 1. The zero-order chi connectivity index (χ0) is 14.3. The van der Waals surface area contributed by atoms with Crippen LogP contribution < -0.4 is 4.31 Å². The highest BCUT2D eigenvalue weighted by Crippen LogP contribution is 2.35. The van der Waals surface area contributed by atoms with Crippen molar-refractivity contribution >= 4 is 32.5 Å². The van der Waals surface area contributed by atoms with E-state index in [9.17, 15) is 26.4 Å². The van der Waals surface area contributed by atoms with E-state index in [1.165, 1.54) is 6.92 Å². The van der Waals surface area contributed by atoms with E-state index in [1.54, 1.807) is 0 Å². The van der Waals surface area contributed by atoms with Gasteiger partial charge in [0.05, 0.1) is 5.69 Å². The SMILES string of the molecule is Cc1nsc(N(C)S(=O)(=O)C(F)(F)F)c1C(=O)O. The predicted molar refractivity (Wildman–Crippen MR) is 57.2 cm³/mol. The van der Waals surface area contributed by atoms with Crippen molar-refractivity contribution in [2.24, 2.45) is 0 Å². The van der Waals surface area contributed by atoms with Crippen molar-refractivity contribution in [3.05, 3.63) is 11.3 Å². The minimum Gasteiger partial charge on any atom is -0.478 e. The number of aromatic nitrogens is 1. The van der Waals surface area contributed by atoms with Gasteiger partial charge in [0.1, 0.15) is 10.6 Å². The van der Waals surface area contributed by atoms with E-state index in [-0.39, 0.29) is 10.00 Å². The number of carboxylic acid groups (broad SMARTS) is 1. The summed E-state index contributed by atoms with van der Waals surface area (Å²) in [7, 11) is -5.00. The van der Waals surface area contributed by atoms with E-state index in [4.69, 9.17) is 5.11 Å². The second-order valence-corrected chi connectivity index (χ2v) is 5.88. The molecule has 1 aromatic rings. The Morgan fingerprint density at radius 2 is 1.94 bits per heavy atom. The van der Waals surface area contributed by atoms with E-state index in [1.807, 2.05) is 0 Å². The molecule has 0 aliphatic heterocycles. The molecule has 0 amide bonds. The Kier molecular flexibility index (Phi) is 3.58. The summed E-state index contributed by atoms with van der Waals surface area (Å²) >= 11 is 0.372. The molecule has 18 heavy (non-hydrogen) atoms. The Morgan fingerprint density at radius 1 is 1.44 bits per heavy atom. The van der Waals surface area contributed by atoms with Crippen LogP contribution in [0.3, 0.4) is 0 Å². The third-order valence-electron chi connectivity index (χ3n) is 2.00. The molecular weight excluding hydrogens is 297 g/mol. The average Bonchev–Trinajstić information content (AvgIpc) is 2.57. The highest BCUT2D eigenvalue weighted by atomic mass is 32.2. The number of anilines is 1. The van der Waals surface area contributed by atoms with Crippen LogP contribution >= 0.6 is 11.5 Å². The number of hydrogen-bond donors (Lipinski definition) is 1. The van der Waals surface area contributed by atoms with Crippen LogP contribution in [-0.4, -0.2) is 36.4 Å². The molecule has 1 rings (SSSR count). The van der Waals surface area contributed by atoms with Crippen molar-refractivity contribution in [1.29, 1.82) is 0 Å². The molecule has 1 N–H and O–H groups in total. The Balaban J connectivity index is 3.38. The van der Waals surface area contributed by atoms with Crippen LogP contribution in [0, 0.1) is 6.92 Å². The highest BCUT2D eigenvalue weighted by Gasteiger charge is 2.50. The van der Waals surface area contributed by atoms with E-state index < -0.39 is 32.1 Å². The van der Waals surface area contributed by atoms with Gasteiger partial charge in [0.25, 0.3) is 0 Å². The number of alkyl halides is 3. The van der Waals surface area contributed by atoms with Crippen LogP contribution in [-0.2, 0) is 10.0 Å². The Morgan fingerprint density at radius 3 is 2.33 bits per heavy atom. The second kappa shape index (κ2) is 4.39. The first-order chi connectivity index (χ1) is 8.00. The maximum absolute atomic E-state index is 12.3. The lowest BCUT2D eigenvalue weighted by Gasteiger charge is -2.19. The van der Waals surface area contributed by atoms with Crippen molar-refractivity contribution in [1.82, 2.24) is 4.37 Å². The van der Waals surface area contributed by atoms with Gasteiger partial charge in [-0.2, -0.15) is 26.0 Å². The number of halogens is 3. The molecular formula is C7H7F3N2O4S2. The van der Waals surface area contributed by atoms with E-state index in [0.29, 0.717) is 18.6 Å². The lowest BCUT2D eigenvalue weighted by molar-refractivity contribution is -0.0437. The summed E-state index contributed by atoms with van der Waals surface area (Å²) in [5.74, 6) is -1.54. The van der Waals surface area contributed by atoms with Gasteiger partial charge in [-0.25, -0.2) is 4.79 Å². The normalized spacial score (nSPS) is 12.5. The Hall–Kier alpha value is -1.36. The number of aromatic carboxylic acids is 1. The molecule has 0 aliphatic carbocycles. The van der Waals surface area contributed by atoms with E-state index in [0.717, 1.165) is 0 Å². The van der Waals surface area contributed by atoms with Crippen molar-refractivity contribution in [3.8, 4) is 0 Å². The number of aryl methyl sites for hydroxylation is 1. The van der Waals surface area contributed by atoms with Gasteiger partial charge >= 0.3 is 21.5 Å². The fraction of sp³-hybridized carbons (Fsp3) is 0.429.